The van der Waals surface area contributed by atoms with Crippen molar-refractivity contribution in [1.29, 1.82) is 0 Å². The van der Waals surface area contributed by atoms with Crippen molar-refractivity contribution in [2.24, 2.45) is 0 Å². The van der Waals surface area contributed by atoms with E-state index in [9.17, 15) is 0 Å². The summed E-state index contributed by atoms with van der Waals surface area (Å²) < 4.78 is 17.6. The fourth-order valence-electron chi connectivity index (χ4n) is 2.26. The van der Waals surface area contributed by atoms with Gasteiger partial charge in [0.1, 0.15) is 5.76 Å². The molecule has 1 aromatic carbocycles. The predicted octanol–water partition coefficient (Wildman–Crippen LogP) is 3.25. The minimum atomic E-state index is -0.338. The third-order valence-corrected chi connectivity index (χ3v) is 4.22. The van der Waals surface area contributed by atoms with E-state index >= 15 is 0 Å². The molecule has 0 atom stereocenters. The molecule has 0 saturated carbocycles. The Labute approximate surface area is 120 Å². The first-order valence-corrected chi connectivity index (χ1v) is 6.88. The number of rotatable bonds is 2. The Morgan fingerprint density at radius 2 is 1.60 bits per heavy atom. The van der Waals surface area contributed by atoms with Crippen molar-refractivity contribution >= 4 is 12.6 Å². The Hall–Kier alpha value is -1.52. The zero-order chi connectivity index (χ0) is 14.4. The molecule has 0 amide bonds. The van der Waals surface area contributed by atoms with Gasteiger partial charge in [-0.25, -0.2) is 0 Å². The van der Waals surface area contributed by atoms with Gasteiger partial charge in [-0.15, -0.1) is 0 Å². The average molecular weight is 270 g/mol. The molecular weight excluding hydrogens is 251 g/mol. The molecule has 1 aromatic heterocycles. The van der Waals surface area contributed by atoms with E-state index in [0.29, 0.717) is 0 Å². The molecule has 0 radical (unpaired) electrons. The molecule has 4 heteroatoms. The highest BCUT2D eigenvalue weighted by molar-refractivity contribution is 6.62. The SMILES string of the molecule is CC1(C)OB(c2cccc(-c3ccco3)c2)OC1(C)C. The summed E-state index contributed by atoms with van der Waals surface area (Å²) in [4.78, 5) is 0. The van der Waals surface area contributed by atoms with Gasteiger partial charge in [-0.3, -0.25) is 0 Å². The Kier molecular flexibility index (Phi) is 3.03. The van der Waals surface area contributed by atoms with E-state index in [1.165, 1.54) is 0 Å². The number of hydrogen-bond donors (Lipinski definition) is 0. The molecule has 0 spiro atoms. The molecule has 20 heavy (non-hydrogen) atoms. The summed E-state index contributed by atoms with van der Waals surface area (Å²) in [6, 6.07) is 11.9. The van der Waals surface area contributed by atoms with Gasteiger partial charge in [0.25, 0.3) is 0 Å². The lowest BCUT2D eigenvalue weighted by Gasteiger charge is -2.32. The third-order valence-electron chi connectivity index (χ3n) is 4.22. The van der Waals surface area contributed by atoms with Crippen LogP contribution in [0, 0.1) is 0 Å². The molecule has 3 nitrogen and oxygen atoms in total. The first kappa shape index (κ1) is 13.5. The van der Waals surface area contributed by atoms with Crippen LogP contribution in [0.3, 0.4) is 0 Å². The molecule has 104 valence electrons. The van der Waals surface area contributed by atoms with Gasteiger partial charge >= 0.3 is 7.12 Å². The molecule has 0 aliphatic carbocycles. The minimum Gasteiger partial charge on any atom is -0.464 e. The monoisotopic (exact) mass is 270 g/mol. The molecule has 1 aliphatic rings. The van der Waals surface area contributed by atoms with Crippen LogP contribution in [0.5, 0.6) is 0 Å². The minimum absolute atomic E-state index is 0.321. The zero-order valence-electron chi connectivity index (χ0n) is 12.3. The molecule has 0 N–H and O–H groups in total. The second kappa shape index (κ2) is 4.50. The second-order valence-corrected chi connectivity index (χ2v) is 6.19. The van der Waals surface area contributed by atoms with Crippen LogP contribution in [0.25, 0.3) is 11.3 Å². The average Bonchev–Trinajstić information content (AvgIpc) is 2.97. The van der Waals surface area contributed by atoms with Crippen molar-refractivity contribution in [3.8, 4) is 11.3 Å². The van der Waals surface area contributed by atoms with E-state index < -0.39 is 0 Å². The van der Waals surface area contributed by atoms with Crippen molar-refractivity contribution in [2.75, 3.05) is 0 Å². The molecule has 2 aromatic rings. The molecule has 1 saturated heterocycles. The Balaban J connectivity index is 1.91. The summed E-state index contributed by atoms with van der Waals surface area (Å²) in [5.41, 5.74) is 1.40. The topological polar surface area (TPSA) is 31.6 Å². The maximum Gasteiger partial charge on any atom is 0.494 e. The molecule has 0 unspecified atom stereocenters. The maximum absolute atomic E-state index is 6.07. The quantitative estimate of drug-likeness (QED) is 0.785. The highest BCUT2D eigenvalue weighted by atomic mass is 16.7. The molecular formula is C16H19BO3. The normalized spacial score (nSPS) is 20.3. The lowest BCUT2D eigenvalue weighted by molar-refractivity contribution is 0.00578. The summed E-state index contributed by atoms with van der Waals surface area (Å²) in [6.07, 6.45) is 1.68. The van der Waals surface area contributed by atoms with E-state index in [2.05, 4.69) is 33.8 Å². The van der Waals surface area contributed by atoms with Gasteiger partial charge in [-0.2, -0.15) is 0 Å². The number of furan rings is 1. The lowest BCUT2D eigenvalue weighted by atomic mass is 9.78. The smallest absolute Gasteiger partial charge is 0.464 e. The number of hydrogen-bond acceptors (Lipinski definition) is 3. The first-order valence-electron chi connectivity index (χ1n) is 6.88. The Morgan fingerprint density at radius 3 is 2.20 bits per heavy atom. The van der Waals surface area contributed by atoms with E-state index in [0.717, 1.165) is 16.8 Å². The van der Waals surface area contributed by atoms with Crippen LogP contribution in [0.15, 0.2) is 47.1 Å². The Bertz CT molecular complexity index is 586. The molecule has 2 heterocycles. The van der Waals surface area contributed by atoms with Gasteiger partial charge in [-0.05, 0) is 45.3 Å². The van der Waals surface area contributed by atoms with Crippen LogP contribution in [0.1, 0.15) is 27.7 Å². The molecule has 1 fully saturated rings. The largest absolute Gasteiger partial charge is 0.494 e. The fourth-order valence-corrected chi connectivity index (χ4v) is 2.26. The van der Waals surface area contributed by atoms with Crippen LogP contribution < -0.4 is 5.46 Å². The van der Waals surface area contributed by atoms with Gasteiger partial charge in [0.2, 0.25) is 0 Å². The summed E-state index contributed by atoms with van der Waals surface area (Å²) in [5, 5.41) is 0. The van der Waals surface area contributed by atoms with Crippen LogP contribution in [0.2, 0.25) is 0 Å². The highest BCUT2D eigenvalue weighted by Gasteiger charge is 2.51. The van der Waals surface area contributed by atoms with Gasteiger partial charge < -0.3 is 13.7 Å². The van der Waals surface area contributed by atoms with Crippen LogP contribution in [-0.2, 0) is 9.31 Å². The standard InChI is InChI=1S/C16H19BO3/c1-15(2)16(3,4)20-17(19-15)13-8-5-7-12(11-13)14-9-6-10-18-14/h5-11H,1-4H3. The maximum atomic E-state index is 6.07. The van der Waals surface area contributed by atoms with Crippen molar-refractivity contribution < 1.29 is 13.7 Å². The van der Waals surface area contributed by atoms with Crippen molar-refractivity contribution in [2.45, 2.75) is 38.9 Å². The third kappa shape index (κ3) is 2.19. The van der Waals surface area contributed by atoms with E-state index in [4.69, 9.17) is 13.7 Å². The van der Waals surface area contributed by atoms with E-state index in [1.54, 1.807) is 6.26 Å². The molecule has 0 bridgehead atoms. The fraction of sp³-hybridized carbons (Fsp3) is 0.375. The van der Waals surface area contributed by atoms with Gasteiger partial charge in [0.05, 0.1) is 17.5 Å². The van der Waals surface area contributed by atoms with Gasteiger partial charge in [-0.1, -0.05) is 24.3 Å². The van der Waals surface area contributed by atoms with Crippen molar-refractivity contribution in [1.82, 2.24) is 0 Å². The van der Waals surface area contributed by atoms with Crippen molar-refractivity contribution in [3.63, 3.8) is 0 Å². The van der Waals surface area contributed by atoms with Crippen LogP contribution >= 0.6 is 0 Å². The summed E-state index contributed by atoms with van der Waals surface area (Å²) in [7, 11) is -0.338. The molecule has 3 rings (SSSR count). The van der Waals surface area contributed by atoms with Gasteiger partial charge in [0, 0.05) is 5.56 Å². The number of benzene rings is 1. The van der Waals surface area contributed by atoms with Gasteiger partial charge in [0.15, 0.2) is 0 Å². The Morgan fingerprint density at radius 1 is 0.900 bits per heavy atom. The zero-order valence-corrected chi connectivity index (χ0v) is 12.3. The highest BCUT2D eigenvalue weighted by Crippen LogP contribution is 2.36. The molecule has 1 aliphatic heterocycles. The van der Waals surface area contributed by atoms with Crippen LogP contribution in [0.4, 0.5) is 0 Å². The van der Waals surface area contributed by atoms with Crippen LogP contribution in [-0.4, -0.2) is 18.3 Å². The lowest BCUT2D eigenvalue weighted by Crippen LogP contribution is -2.41. The van der Waals surface area contributed by atoms with E-state index in [1.807, 2.05) is 30.3 Å². The second-order valence-electron chi connectivity index (χ2n) is 6.19. The summed E-state index contributed by atoms with van der Waals surface area (Å²) in [6.45, 7) is 8.24. The summed E-state index contributed by atoms with van der Waals surface area (Å²) in [5.74, 6) is 0.850. The van der Waals surface area contributed by atoms with E-state index in [-0.39, 0.29) is 18.3 Å². The first-order chi connectivity index (χ1) is 9.39. The van der Waals surface area contributed by atoms with Crippen molar-refractivity contribution in [3.05, 3.63) is 42.7 Å². The predicted molar refractivity (Wildman–Crippen MR) is 79.9 cm³/mol. The summed E-state index contributed by atoms with van der Waals surface area (Å²) >= 11 is 0.